The molecule has 0 spiro atoms. The van der Waals surface area contributed by atoms with E-state index in [1.165, 1.54) is 0 Å². The minimum Gasteiger partial charge on any atom is -0.457 e. The fourth-order valence-electron chi connectivity index (χ4n) is 3.42. The molecule has 4 aromatic rings. The van der Waals surface area contributed by atoms with Crippen molar-refractivity contribution >= 4 is 29.2 Å². The number of hydrogen-bond acceptors (Lipinski definition) is 5. The maximum Gasteiger partial charge on any atom is 0.323 e. The van der Waals surface area contributed by atoms with E-state index in [-0.39, 0.29) is 11.8 Å². The van der Waals surface area contributed by atoms with Gasteiger partial charge >= 0.3 is 6.03 Å². The maximum atomic E-state index is 12.4. The molecule has 0 heterocycles. The van der Waals surface area contributed by atoms with E-state index in [1.807, 2.05) is 0 Å². The van der Waals surface area contributed by atoms with Gasteiger partial charge in [-0.2, -0.15) is 0 Å². The monoisotopic (exact) mass is 510 g/mol. The zero-order chi connectivity index (χ0) is 26.9. The first-order valence-electron chi connectivity index (χ1n) is 11.7. The molecule has 0 fully saturated rings. The number of hydrogen-bond donors (Lipinski definition) is 4. The standard InChI is InChI=1S/C29H26N4O5/c1-30-27(34)19-3-11-23(12-4-19)37-25-15-7-21(8-16-25)32-29(36)33-22-9-17-26(18-10-22)38-24-13-5-20(6-14-24)28(35)31-2/h3-18H,1-2H3,(H,30,34)(H,31,35)(H2,32,33,36). The van der Waals surface area contributed by atoms with Crippen LogP contribution >= 0.6 is 0 Å². The molecule has 4 amide bonds. The van der Waals surface area contributed by atoms with E-state index in [4.69, 9.17) is 9.47 Å². The number of amides is 4. The number of urea groups is 1. The summed E-state index contributed by atoms with van der Waals surface area (Å²) in [6, 6.07) is 27.0. The van der Waals surface area contributed by atoms with Gasteiger partial charge < -0.3 is 30.7 Å². The van der Waals surface area contributed by atoms with E-state index in [1.54, 1.807) is 111 Å². The van der Waals surface area contributed by atoms with Crippen LogP contribution in [0.15, 0.2) is 97.1 Å². The largest absolute Gasteiger partial charge is 0.457 e. The minimum atomic E-state index is -0.401. The van der Waals surface area contributed by atoms with Crippen LogP contribution in [-0.4, -0.2) is 31.9 Å². The topological polar surface area (TPSA) is 118 Å². The highest BCUT2D eigenvalue weighted by Crippen LogP contribution is 2.25. The zero-order valence-corrected chi connectivity index (χ0v) is 20.8. The van der Waals surface area contributed by atoms with Gasteiger partial charge in [0.1, 0.15) is 23.0 Å². The summed E-state index contributed by atoms with van der Waals surface area (Å²) in [5, 5.41) is 10.7. The van der Waals surface area contributed by atoms with Crippen molar-refractivity contribution in [3.05, 3.63) is 108 Å². The predicted octanol–water partition coefficient (Wildman–Crippen LogP) is 5.63. The van der Waals surface area contributed by atoms with Crippen molar-refractivity contribution in [3.8, 4) is 23.0 Å². The lowest BCUT2D eigenvalue weighted by atomic mass is 10.2. The molecule has 4 aromatic carbocycles. The maximum absolute atomic E-state index is 12.4. The summed E-state index contributed by atoms with van der Waals surface area (Å²) < 4.78 is 11.6. The lowest BCUT2D eigenvalue weighted by Gasteiger charge is -2.11. The van der Waals surface area contributed by atoms with Gasteiger partial charge in [-0.05, 0) is 97.1 Å². The Kier molecular flexibility index (Phi) is 8.20. The van der Waals surface area contributed by atoms with Crippen LogP contribution in [0, 0.1) is 0 Å². The van der Waals surface area contributed by atoms with Crippen LogP contribution in [0.2, 0.25) is 0 Å². The molecule has 9 nitrogen and oxygen atoms in total. The quantitative estimate of drug-likeness (QED) is 0.245. The Labute approximate surface area is 219 Å². The average Bonchev–Trinajstić information content (AvgIpc) is 2.95. The van der Waals surface area contributed by atoms with Gasteiger partial charge in [0.2, 0.25) is 0 Å². The average molecular weight is 511 g/mol. The summed E-state index contributed by atoms with van der Waals surface area (Å²) in [6.45, 7) is 0. The smallest absolute Gasteiger partial charge is 0.323 e. The molecular formula is C29H26N4O5. The molecule has 4 rings (SSSR count). The van der Waals surface area contributed by atoms with Gasteiger partial charge in [0.25, 0.3) is 11.8 Å². The van der Waals surface area contributed by atoms with Crippen molar-refractivity contribution in [2.45, 2.75) is 0 Å². The van der Waals surface area contributed by atoms with Crippen LogP contribution in [-0.2, 0) is 0 Å². The fraction of sp³-hybridized carbons (Fsp3) is 0.0690. The third kappa shape index (κ3) is 6.88. The van der Waals surface area contributed by atoms with Gasteiger partial charge in [-0.15, -0.1) is 0 Å². The Balaban J connectivity index is 1.27. The van der Waals surface area contributed by atoms with Crippen LogP contribution in [0.25, 0.3) is 0 Å². The van der Waals surface area contributed by atoms with E-state index < -0.39 is 6.03 Å². The van der Waals surface area contributed by atoms with Gasteiger partial charge in [-0.1, -0.05) is 0 Å². The van der Waals surface area contributed by atoms with E-state index in [2.05, 4.69) is 21.3 Å². The summed E-state index contributed by atoms with van der Waals surface area (Å²) in [4.78, 5) is 35.7. The van der Waals surface area contributed by atoms with Gasteiger partial charge in [0, 0.05) is 36.6 Å². The lowest BCUT2D eigenvalue weighted by Crippen LogP contribution is -2.19. The molecule has 0 aromatic heterocycles. The number of carbonyl (C=O) groups is 3. The highest BCUT2D eigenvalue weighted by Gasteiger charge is 2.07. The second-order valence-corrected chi connectivity index (χ2v) is 8.04. The summed E-state index contributed by atoms with van der Waals surface area (Å²) in [5.41, 5.74) is 2.26. The second kappa shape index (κ2) is 12.1. The van der Waals surface area contributed by atoms with Crippen LogP contribution in [0.4, 0.5) is 16.2 Å². The molecule has 192 valence electrons. The number of anilines is 2. The third-order valence-electron chi connectivity index (χ3n) is 5.38. The first-order chi connectivity index (χ1) is 18.4. The van der Waals surface area contributed by atoms with Crippen molar-refractivity contribution in [1.29, 1.82) is 0 Å². The van der Waals surface area contributed by atoms with E-state index in [9.17, 15) is 14.4 Å². The van der Waals surface area contributed by atoms with Crippen LogP contribution in [0.1, 0.15) is 20.7 Å². The van der Waals surface area contributed by atoms with Crippen molar-refractivity contribution in [3.63, 3.8) is 0 Å². The molecule has 0 aliphatic carbocycles. The van der Waals surface area contributed by atoms with Crippen LogP contribution in [0.5, 0.6) is 23.0 Å². The fourth-order valence-corrected chi connectivity index (χ4v) is 3.42. The van der Waals surface area contributed by atoms with Gasteiger partial charge in [0.15, 0.2) is 0 Å². The van der Waals surface area contributed by atoms with E-state index in [0.717, 1.165) is 0 Å². The van der Waals surface area contributed by atoms with Crippen molar-refractivity contribution in [1.82, 2.24) is 10.6 Å². The Hall–Kier alpha value is -5.31. The number of carbonyl (C=O) groups excluding carboxylic acids is 3. The molecule has 9 heteroatoms. The highest BCUT2D eigenvalue weighted by atomic mass is 16.5. The molecule has 0 atom stereocenters. The summed E-state index contributed by atoms with van der Waals surface area (Å²) in [5.74, 6) is 2.01. The molecular weight excluding hydrogens is 484 g/mol. The Morgan fingerprint density at radius 3 is 1.05 bits per heavy atom. The summed E-state index contributed by atoms with van der Waals surface area (Å²) in [6.07, 6.45) is 0. The van der Waals surface area contributed by atoms with Gasteiger partial charge in [0.05, 0.1) is 0 Å². The Morgan fingerprint density at radius 2 is 0.763 bits per heavy atom. The zero-order valence-electron chi connectivity index (χ0n) is 20.8. The first-order valence-corrected chi connectivity index (χ1v) is 11.7. The predicted molar refractivity (Wildman–Crippen MR) is 145 cm³/mol. The van der Waals surface area contributed by atoms with Gasteiger partial charge in [-0.25, -0.2) is 4.79 Å². The summed E-state index contributed by atoms with van der Waals surface area (Å²) >= 11 is 0. The van der Waals surface area contributed by atoms with E-state index in [0.29, 0.717) is 45.5 Å². The number of nitrogens with one attached hydrogen (secondary N) is 4. The Morgan fingerprint density at radius 1 is 0.474 bits per heavy atom. The van der Waals surface area contributed by atoms with Crippen LogP contribution < -0.4 is 30.7 Å². The highest BCUT2D eigenvalue weighted by molar-refractivity contribution is 5.99. The SMILES string of the molecule is CNC(=O)c1ccc(Oc2ccc(NC(=O)Nc3ccc(Oc4ccc(C(=O)NC)cc4)cc3)cc2)cc1. The Bertz CT molecular complexity index is 1290. The van der Waals surface area contributed by atoms with Crippen molar-refractivity contribution < 1.29 is 23.9 Å². The van der Waals surface area contributed by atoms with Gasteiger partial charge in [-0.3, -0.25) is 9.59 Å². The molecule has 4 N–H and O–H groups in total. The van der Waals surface area contributed by atoms with E-state index >= 15 is 0 Å². The number of rotatable bonds is 8. The second-order valence-electron chi connectivity index (χ2n) is 8.04. The number of ether oxygens (including phenoxy) is 2. The van der Waals surface area contributed by atoms with Crippen molar-refractivity contribution in [2.75, 3.05) is 24.7 Å². The molecule has 0 bridgehead atoms. The third-order valence-corrected chi connectivity index (χ3v) is 5.38. The van der Waals surface area contributed by atoms with Crippen molar-refractivity contribution in [2.24, 2.45) is 0 Å². The molecule has 0 aliphatic heterocycles. The summed E-state index contributed by atoms with van der Waals surface area (Å²) in [7, 11) is 3.15. The molecule has 0 saturated carbocycles. The normalized spacial score (nSPS) is 10.2. The number of benzene rings is 4. The molecule has 0 radical (unpaired) electrons. The lowest BCUT2D eigenvalue weighted by molar-refractivity contribution is 0.0955. The van der Waals surface area contributed by atoms with Crippen LogP contribution in [0.3, 0.4) is 0 Å². The molecule has 0 unspecified atom stereocenters. The minimum absolute atomic E-state index is 0.166. The molecule has 38 heavy (non-hydrogen) atoms. The molecule has 0 aliphatic rings. The molecule has 0 saturated heterocycles. The first kappa shape index (κ1) is 25.8.